The van der Waals surface area contributed by atoms with Crippen molar-refractivity contribution in [2.45, 2.75) is 66.7 Å². The summed E-state index contributed by atoms with van der Waals surface area (Å²) in [5, 5.41) is 1.52. The lowest BCUT2D eigenvalue weighted by molar-refractivity contribution is -0.143. The van der Waals surface area contributed by atoms with Gasteiger partial charge in [-0.1, -0.05) is 6.92 Å². The van der Waals surface area contributed by atoms with Crippen LogP contribution in [0.5, 0.6) is 0 Å². The molecule has 6 heteroatoms. The smallest absolute Gasteiger partial charge is 0.330 e. The molecule has 2 atom stereocenters. The predicted molar refractivity (Wildman–Crippen MR) is 101 cm³/mol. The van der Waals surface area contributed by atoms with Crippen molar-refractivity contribution in [3.63, 3.8) is 0 Å². The summed E-state index contributed by atoms with van der Waals surface area (Å²) < 4.78 is 10.7. The molecule has 0 aromatic heterocycles. The largest absolute Gasteiger partial charge is 0.467 e. The van der Waals surface area contributed by atoms with Crippen LogP contribution < -0.4 is 5.06 Å². The molecule has 0 saturated heterocycles. The third-order valence-electron chi connectivity index (χ3n) is 4.64. The second-order valence-corrected chi connectivity index (χ2v) is 6.49. The first-order chi connectivity index (χ1) is 12.2. The summed E-state index contributed by atoms with van der Waals surface area (Å²) >= 11 is 0. The van der Waals surface area contributed by atoms with Crippen LogP contribution in [-0.2, 0) is 25.7 Å². The first-order valence-electron chi connectivity index (χ1n) is 8.86. The number of anilines is 1. The molecule has 146 valence electrons. The van der Waals surface area contributed by atoms with Gasteiger partial charge in [-0.3, -0.25) is 9.63 Å². The van der Waals surface area contributed by atoms with E-state index in [1.54, 1.807) is 13.8 Å². The van der Waals surface area contributed by atoms with Crippen molar-refractivity contribution in [1.29, 1.82) is 0 Å². The number of hydrogen-bond acceptors (Lipinski definition) is 6. The normalized spacial score (nSPS) is 13.2. The van der Waals surface area contributed by atoms with Crippen molar-refractivity contribution >= 4 is 17.4 Å². The highest BCUT2D eigenvalue weighted by Gasteiger charge is 2.28. The van der Waals surface area contributed by atoms with Gasteiger partial charge in [0.05, 0.1) is 32.6 Å². The van der Waals surface area contributed by atoms with E-state index in [2.05, 4.69) is 6.92 Å². The number of hydrogen-bond donors (Lipinski definition) is 0. The van der Waals surface area contributed by atoms with Crippen LogP contribution in [0.15, 0.2) is 6.07 Å². The molecule has 0 amide bonds. The Bertz CT molecular complexity index is 656. The molecule has 1 aromatic rings. The number of aryl methyl sites for hydroxylation is 1. The summed E-state index contributed by atoms with van der Waals surface area (Å²) in [6.07, 6.45) is 0.975. The Hall–Kier alpha value is -1.92. The Balaban J connectivity index is 3.48. The van der Waals surface area contributed by atoms with Gasteiger partial charge in [-0.2, -0.15) is 0 Å². The Morgan fingerprint density at radius 1 is 1.19 bits per heavy atom. The van der Waals surface area contributed by atoms with Crippen molar-refractivity contribution in [3.05, 3.63) is 28.3 Å². The van der Waals surface area contributed by atoms with Crippen LogP contribution in [0.25, 0.3) is 0 Å². The molecule has 0 saturated carbocycles. The summed E-state index contributed by atoms with van der Waals surface area (Å²) in [5.41, 5.74) is 3.90. The number of esters is 1. The maximum atomic E-state index is 12.1. The molecule has 0 spiro atoms. The summed E-state index contributed by atoms with van der Waals surface area (Å²) in [6.45, 7) is 11.4. The quantitative estimate of drug-likeness (QED) is 0.377. The lowest BCUT2D eigenvalue weighted by Gasteiger charge is -2.31. The summed E-state index contributed by atoms with van der Waals surface area (Å²) in [7, 11) is 2.85. The number of rotatable bonds is 9. The van der Waals surface area contributed by atoms with Crippen LogP contribution in [-0.4, -0.2) is 38.1 Å². The number of methoxy groups -OCH3 is 1. The topological polar surface area (TPSA) is 65.1 Å². The monoisotopic (exact) mass is 365 g/mol. The number of ether oxygens (including phenoxy) is 2. The molecule has 0 aliphatic heterocycles. The van der Waals surface area contributed by atoms with E-state index >= 15 is 0 Å². The van der Waals surface area contributed by atoms with Gasteiger partial charge in [-0.25, -0.2) is 9.86 Å². The van der Waals surface area contributed by atoms with Crippen LogP contribution >= 0.6 is 0 Å². The Morgan fingerprint density at radius 3 is 2.27 bits per heavy atom. The third kappa shape index (κ3) is 4.83. The van der Waals surface area contributed by atoms with Gasteiger partial charge in [-0.05, 0) is 63.8 Å². The number of carbonyl (C=O) groups is 2. The number of benzene rings is 1. The second kappa shape index (κ2) is 9.69. The molecule has 1 rings (SSSR count). The number of nitrogens with zero attached hydrogens (tertiary/aromatic N) is 1. The standard InChI is InChI=1S/C20H31NO5/c1-9-13(3)26-11-18-14(4)19(12(2)10-17(18)16(6)22)21(25-8)15(5)20(23)24-7/h10,13,15H,9,11H2,1-8H3. The highest BCUT2D eigenvalue weighted by atomic mass is 16.7. The Morgan fingerprint density at radius 2 is 1.81 bits per heavy atom. The summed E-state index contributed by atoms with van der Waals surface area (Å²) in [6, 6.07) is 1.20. The van der Waals surface area contributed by atoms with Crippen LogP contribution in [0.1, 0.15) is 61.2 Å². The number of ketones is 1. The van der Waals surface area contributed by atoms with Gasteiger partial charge in [0.2, 0.25) is 0 Å². The SMILES string of the molecule is CCC(C)OCc1c(C(C)=O)cc(C)c(N(OC)C(C)C(=O)OC)c1C. The van der Waals surface area contributed by atoms with E-state index in [0.29, 0.717) is 12.2 Å². The minimum absolute atomic E-state index is 0.0181. The average molecular weight is 365 g/mol. The zero-order valence-electron chi connectivity index (χ0n) is 17.1. The van der Waals surface area contributed by atoms with E-state index in [1.807, 2.05) is 26.8 Å². The van der Waals surface area contributed by atoms with Gasteiger partial charge in [0.1, 0.15) is 0 Å². The van der Waals surface area contributed by atoms with Crippen molar-refractivity contribution in [2.24, 2.45) is 0 Å². The second-order valence-electron chi connectivity index (χ2n) is 6.49. The zero-order valence-corrected chi connectivity index (χ0v) is 17.1. The van der Waals surface area contributed by atoms with Gasteiger partial charge < -0.3 is 9.47 Å². The van der Waals surface area contributed by atoms with Gasteiger partial charge in [-0.15, -0.1) is 0 Å². The molecule has 0 N–H and O–H groups in total. The minimum atomic E-state index is -0.631. The molecule has 26 heavy (non-hydrogen) atoms. The molecule has 6 nitrogen and oxygen atoms in total. The molecule has 2 unspecified atom stereocenters. The minimum Gasteiger partial charge on any atom is -0.467 e. The molecule has 0 aliphatic carbocycles. The third-order valence-corrected chi connectivity index (χ3v) is 4.64. The fraction of sp³-hybridized carbons (Fsp3) is 0.600. The lowest BCUT2D eigenvalue weighted by atomic mass is 9.94. The summed E-state index contributed by atoms with van der Waals surface area (Å²) in [4.78, 5) is 29.6. The molecule has 0 radical (unpaired) electrons. The highest BCUT2D eigenvalue weighted by molar-refractivity contribution is 5.97. The molecule has 0 bridgehead atoms. The van der Waals surface area contributed by atoms with Crippen LogP contribution in [0, 0.1) is 13.8 Å². The van der Waals surface area contributed by atoms with E-state index in [9.17, 15) is 9.59 Å². The van der Waals surface area contributed by atoms with E-state index < -0.39 is 12.0 Å². The molecule has 1 aromatic carbocycles. The van der Waals surface area contributed by atoms with Crippen molar-refractivity contribution in [2.75, 3.05) is 19.3 Å². The number of carbonyl (C=O) groups excluding carboxylic acids is 2. The number of hydroxylamine groups is 1. The van der Waals surface area contributed by atoms with Crippen LogP contribution in [0.3, 0.4) is 0 Å². The molecule has 0 heterocycles. The molecular weight excluding hydrogens is 334 g/mol. The Kier molecular flexibility index (Phi) is 8.24. The number of Topliss-reactive ketones (excluding diaryl/α,β-unsaturated/α-hetero) is 1. The van der Waals surface area contributed by atoms with Crippen LogP contribution in [0.4, 0.5) is 5.69 Å². The van der Waals surface area contributed by atoms with Crippen LogP contribution in [0.2, 0.25) is 0 Å². The average Bonchev–Trinajstić information content (AvgIpc) is 2.62. The van der Waals surface area contributed by atoms with Gasteiger partial charge in [0.25, 0.3) is 0 Å². The van der Waals surface area contributed by atoms with E-state index in [0.717, 1.165) is 28.8 Å². The van der Waals surface area contributed by atoms with E-state index in [-0.39, 0.29) is 11.9 Å². The summed E-state index contributed by atoms with van der Waals surface area (Å²) in [5.74, 6) is -0.422. The maximum absolute atomic E-state index is 12.1. The van der Waals surface area contributed by atoms with Gasteiger partial charge in [0.15, 0.2) is 11.8 Å². The van der Waals surface area contributed by atoms with Gasteiger partial charge in [0, 0.05) is 5.56 Å². The molecule has 0 fully saturated rings. The fourth-order valence-corrected chi connectivity index (χ4v) is 2.90. The molecular formula is C20H31NO5. The fourth-order valence-electron chi connectivity index (χ4n) is 2.90. The highest BCUT2D eigenvalue weighted by Crippen LogP contribution is 2.33. The molecule has 0 aliphatic rings. The maximum Gasteiger partial charge on any atom is 0.330 e. The van der Waals surface area contributed by atoms with Gasteiger partial charge >= 0.3 is 5.97 Å². The Labute approximate surface area is 156 Å². The first kappa shape index (κ1) is 22.1. The van der Waals surface area contributed by atoms with E-state index in [4.69, 9.17) is 14.3 Å². The first-order valence-corrected chi connectivity index (χ1v) is 8.86. The lowest BCUT2D eigenvalue weighted by Crippen LogP contribution is -2.40. The zero-order chi connectivity index (χ0) is 20.0. The van der Waals surface area contributed by atoms with E-state index in [1.165, 1.54) is 19.3 Å². The van der Waals surface area contributed by atoms with Crippen molar-refractivity contribution in [1.82, 2.24) is 0 Å². The van der Waals surface area contributed by atoms with Crippen molar-refractivity contribution in [3.8, 4) is 0 Å². The predicted octanol–water partition coefficient (Wildman–Crippen LogP) is 3.75. The van der Waals surface area contributed by atoms with Crippen molar-refractivity contribution < 1.29 is 23.9 Å².